The van der Waals surface area contributed by atoms with Gasteiger partial charge in [0.15, 0.2) is 5.75 Å². The Morgan fingerprint density at radius 2 is 1.53 bits per heavy atom. The molecular weight excluding hydrogens is 279 g/mol. The van der Waals surface area contributed by atoms with Gasteiger partial charge in [-0.2, -0.15) is 0 Å². The zero-order valence-corrected chi connectivity index (χ0v) is 11.1. The number of carbonyl (C=O) groups excluding carboxylic acids is 1. The molecule has 1 aliphatic rings. The van der Waals surface area contributed by atoms with Crippen molar-refractivity contribution in [2.24, 2.45) is 0 Å². The first-order chi connectivity index (χ1) is 8.86. The van der Waals surface area contributed by atoms with Crippen LogP contribution in [0, 0.1) is 0 Å². The van der Waals surface area contributed by atoms with Crippen LogP contribution in [0.4, 0.5) is 17.3 Å². The summed E-state index contributed by atoms with van der Waals surface area (Å²) in [5.41, 5.74) is 0.881. The number of benzene rings is 1. The average molecular weight is 294 g/mol. The molecular formula is C12H15BF4OS. The molecule has 0 N–H and O–H groups in total. The van der Waals surface area contributed by atoms with Crippen LogP contribution in [0.3, 0.4) is 0 Å². The van der Waals surface area contributed by atoms with Gasteiger partial charge < -0.3 is 17.3 Å². The Kier molecular flexibility index (Phi) is 6.41. The second kappa shape index (κ2) is 7.57. The Morgan fingerprint density at radius 3 is 2.00 bits per heavy atom. The molecule has 1 nitrogen and oxygen atoms in total. The van der Waals surface area contributed by atoms with E-state index >= 15 is 0 Å². The lowest BCUT2D eigenvalue weighted by Gasteiger charge is -2.00. The van der Waals surface area contributed by atoms with Crippen molar-refractivity contribution in [3.63, 3.8) is 0 Å². The van der Waals surface area contributed by atoms with E-state index in [9.17, 15) is 22.1 Å². The zero-order valence-electron chi connectivity index (χ0n) is 10.3. The summed E-state index contributed by atoms with van der Waals surface area (Å²) in [4.78, 5) is 11.8. The lowest BCUT2D eigenvalue weighted by Crippen LogP contribution is -2.17. The summed E-state index contributed by atoms with van der Waals surface area (Å²) in [6.45, 7) is 0. The minimum atomic E-state index is -6.00. The summed E-state index contributed by atoms with van der Waals surface area (Å²) < 4.78 is 39.0. The molecule has 0 saturated carbocycles. The van der Waals surface area contributed by atoms with E-state index in [4.69, 9.17) is 0 Å². The van der Waals surface area contributed by atoms with Crippen molar-refractivity contribution in [1.29, 1.82) is 0 Å². The molecule has 1 heterocycles. The van der Waals surface area contributed by atoms with Gasteiger partial charge in [-0.1, -0.05) is 30.3 Å². The number of carbonyl (C=O) groups is 1. The van der Waals surface area contributed by atoms with Crippen molar-refractivity contribution in [3.05, 3.63) is 35.9 Å². The Balaban J connectivity index is 0.000000312. The lowest BCUT2D eigenvalue weighted by molar-refractivity contribution is 0.102. The van der Waals surface area contributed by atoms with Crippen molar-refractivity contribution in [2.45, 2.75) is 12.8 Å². The van der Waals surface area contributed by atoms with E-state index in [0.717, 1.165) is 11.3 Å². The fourth-order valence-electron chi connectivity index (χ4n) is 1.75. The summed E-state index contributed by atoms with van der Waals surface area (Å²) >= 11 is 0. The van der Waals surface area contributed by atoms with E-state index in [0.29, 0.717) is 16.7 Å². The van der Waals surface area contributed by atoms with Gasteiger partial charge in [0.1, 0.15) is 11.5 Å². The Bertz CT molecular complexity index is 384. The van der Waals surface area contributed by atoms with E-state index in [1.807, 2.05) is 30.3 Å². The standard InChI is InChI=1S/C12H15OS.BF4/c13-12(10-14-8-4-5-9-14)11-6-2-1-3-7-11;2-1(3,4)5/h1-3,6-7H,4-5,8-10H2;/q+1;-1. The highest BCUT2D eigenvalue weighted by Crippen LogP contribution is 2.15. The first-order valence-corrected chi connectivity index (χ1v) is 7.69. The summed E-state index contributed by atoms with van der Waals surface area (Å²) in [6, 6.07) is 9.66. The number of ketones is 1. The molecule has 0 radical (unpaired) electrons. The van der Waals surface area contributed by atoms with Gasteiger partial charge in [-0.15, -0.1) is 0 Å². The largest absolute Gasteiger partial charge is 0.673 e. The molecule has 106 valence electrons. The second-order valence-electron chi connectivity index (χ2n) is 4.16. The lowest BCUT2D eigenvalue weighted by atomic mass is 10.2. The number of hydrogen-bond donors (Lipinski definition) is 0. The molecule has 1 saturated heterocycles. The summed E-state index contributed by atoms with van der Waals surface area (Å²) in [7, 11) is -5.61. The van der Waals surface area contributed by atoms with Gasteiger partial charge >= 0.3 is 7.25 Å². The van der Waals surface area contributed by atoms with Gasteiger partial charge in [-0.05, 0) is 23.7 Å². The van der Waals surface area contributed by atoms with Crippen molar-refractivity contribution in [1.82, 2.24) is 0 Å². The van der Waals surface area contributed by atoms with E-state index in [2.05, 4.69) is 0 Å². The summed E-state index contributed by atoms with van der Waals surface area (Å²) in [6.07, 6.45) is 2.65. The van der Waals surface area contributed by atoms with Crippen LogP contribution in [0.25, 0.3) is 0 Å². The molecule has 0 aliphatic carbocycles. The van der Waals surface area contributed by atoms with E-state index in [1.54, 1.807) is 0 Å². The Hall–Kier alpha value is -0.975. The molecule has 19 heavy (non-hydrogen) atoms. The normalized spacial score (nSPS) is 15.8. The third kappa shape index (κ3) is 7.92. The molecule has 1 aromatic carbocycles. The van der Waals surface area contributed by atoms with Crippen LogP contribution >= 0.6 is 0 Å². The van der Waals surface area contributed by atoms with Crippen LogP contribution in [0.5, 0.6) is 0 Å². The highest BCUT2D eigenvalue weighted by atomic mass is 32.2. The third-order valence-corrected chi connectivity index (χ3v) is 4.95. The zero-order chi connectivity index (χ0) is 14.3. The van der Waals surface area contributed by atoms with Crippen LogP contribution in [0.15, 0.2) is 30.3 Å². The SMILES string of the molecule is F[B-](F)(F)F.O=C(C[S+]1CCCC1)c1ccccc1. The van der Waals surface area contributed by atoms with Gasteiger partial charge in [0, 0.05) is 5.56 Å². The fourth-order valence-corrected chi connectivity index (χ4v) is 4.01. The maximum Gasteiger partial charge on any atom is 0.673 e. The molecule has 7 heteroatoms. The predicted octanol–water partition coefficient (Wildman–Crippen LogP) is 3.58. The molecule has 2 rings (SSSR count). The van der Waals surface area contributed by atoms with Crippen LogP contribution in [-0.2, 0) is 10.9 Å². The quantitative estimate of drug-likeness (QED) is 0.360. The molecule has 0 atom stereocenters. The minimum Gasteiger partial charge on any atom is -0.418 e. The van der Waals surface area contributed by atoms with Crippen LogP contribution in [0.1, 0.15) is 23.2 Å². The number of hydrogen-bond acceptors (Lipinski definition) is 1. The van der Waals surface area contributed by atoms with Crippen LogP contribution in [-0.4, -0.2) is 30.3 Å². The summed E-state index contributed by atoms with van der Waals surface area (Å²) in [5, 5.41) is 0. The highest BCUT2D eigenvalue weighted by molar-refractivity contribution is 7.97. The third-order valence-electron chi connectivity index (χ3n) is 2.55. The van der Waals surface area contributed by atoms with Crippen molar-refractivity contribution in [2.75, 3.05) is 17.3 Å². The fraction of sp³-hybridized carbons (Fsp3) is 0.417. The summed E-state index contributed by atoms with van der Waals surface area (Å²) in [5.74, 6) is 3.66. The maximum absolute atomic E-state index is 11.8. The average Bonchev–Trinajstić information content (AvgIpc) is 2.81. The number of Topliss-reactive ketones (excluding diaryl/α,β-unsaturated/α-hetero) is 1. The van der Waals surface area contributed by atoms with E-state index in [-0.39, 0.29) is 0 Å². The van der Waals surface area contributed by atoms with E-state index in [1.165, 1.54) is 24.3 Å². The predicted molar refractivity (Wildman–Crippen MR) is 72.2 cm³/mol. The minimum absolute atomic E-state index is 0.329. The smallest absolute Gasteiger partial charge is 0.418 e. The first kappa shape index (κ1) is 16.1. The molecule has 1 aliphatic heterocycles. The monoisotopic (exact) mass is 294 g/mol. The highest BCUT2D eigenvalue weighted by Gasteiger charge is 2.27. The molecule has 0 unspecified atom stereocenters. The number of rotatable bonds is 3. The molecule has 0 aromatic heterocycles. The number of halogens is 4. The van der Waals surface area contributed by atoms with Crippen molar-refractivity contribution < 1.29 is 22.1 Å². The Labute approximate surface area is 112 Å². The maximum atomic E-state index is 11.8. The van der Waals surface area contributed by atoms with Crippen LogP contribution < -0.4 is 0 Å². The van der Waals surface area contributed by atoms with Gasteiger partial charge in [0.2, 0.25) is 5.78 Å². The van der Waals surface area contributed by atoms with Gasteiger partial charge in [0.25, 0.3) is 0 Å². The topological polar surface area (TPSA) is 17.1 Å². The molecule has 1 fully saturated rings. The van der Waals surface area contributed by atoms with Crippen molar-refractivity contribution >= 4 is 23.9 Å². The van der Waals surface area contributed by atoms with Gasteiger partial charge in [-0.25, -0.2) is 0 Å². The molecule has 0 bridgehead atoms. The van der Waals surface area contributed by atoms with Crippen LogP contribution in [0.2, 0.25) is 0 Å². The van der Waals surface area contributed by atoms with Crippen molar-refractivity contribution in [3.8, 4) is 0 Å². The molecule has 0 spiro atoms. The second-order valence-corrected chi connectivity index (χ2v) is 6.49. The Morgan fingerprint density at radius 1 is 1.05 bits per heavy atom. The van der Waals surface area contributed by atoms with E-state index < -0.39 is 7.25 Å². The first-order valence-electron chi connectivity index (χ1n) is 5.96. The van der Waals surface area contributed by atoms with Gasteiger partial charge in [0.05, 0.1) is 0 Å². The molecule has 0 amide bonds. The molecule has 1 aromatic rings. The van der Waals surface area contributed by atoms with Gasteiger partial charge in [-0.3, -0.25) is 4.79 Å².